The van der Waals surface area contributed by atoms with Crippen LogP contribution < -0.4 is 5.56 Å². The number of carbonyl (C=O) groups excluding carboxylic acids is 1. The lowest BCUT2D eigenvalue weighted by Gasteiger charge is -2.26. The minimum atomic E-state index is -0.247. The normalized spacial score (nSPS) is 14.5. The number of nitrogens with one attached hydrogen (secondary N) is 1. The van der Waals surface area contributed by atoms with Crippen LogP contribution in [-0.2, 0) is 11.2 Å². The molecular weight excluding hydrogens is 332 g/mol. The summed E-state index contributed by atoms with van der Waals surface area (Å²) < 4.78 is 5.28. The van der Waals surface area contributed by atoms with Gasteiger partial charge in [0, 0.05) is 31.3 Å². The highest BCUT2D eigenvalue weighted by Crippen LogP contribution is 2.15. The number of rotatable bonds is 3. The van der Waals surface area contributed by atoms with Gasteiger partial charge in [-0.25, -0.2) is 5.10 Å². The summed E-state index contributed by atoms with van der Waals surface area (Å²) in [5.74, 6) is 0.0223. The summed E-state index contributed by atoms with van der Waals surface area (Å²) in [7, 11) is 0. The molecule has 1 N–H and O–H groups in total. The molecule has 1 aliphatic rings. The first-order valence-corrected chi connectivity index (χ1v) is 8.50. The number of aromatic nitrogens is 3. The topological polar surface area (TPSA) is 88.2 Å². The third-order valence-corrected chi connectivity index (χ3v) is 4.49. The molecule has 0 atom stereocenters. The van der Waals surface area contributed by atoms with Crippen LogP contribution in [0.2, 0.25) is 0 Å². The zero-order valence-electron chi connectivity index (χ0n) is 14.1. The molecule has 0 spiro atoms. The van der Waals surface area contributed by atoms with Crippen LogP contribution in [0.25, 0.3) is 10.9 Å². The van der Waals surface area contributed by atoms with Crippen molar-refractivity contribution in [3.63, 3.8) is 0 Å². The van der Waals surface area contributed by atoms with Crippen LogP contribution in [0.4, 0.5) is 0 Å². The fraction of sp³-hybridized carbons (Fsp3) is 0.263. The lowest BCUT2D eigenvalue weighted by molar-refractivity contribution is 0.0303. The van der Waals surface area contributed by atoms with Gasteiger partial charge in [-0.2, -0.15) is 5.10 Å². The first-order valence-electron chi connectivity index (χ1n) is 8.50. The van der Waals surface area contributed by atoms with Gasteiger partial charge in [0.15, 0.2) is 0 Å². The molecule has 0 bridgehead atoms. The molecule has 4 rings (SSSR count). The number of morpholine rings is 1. The van der Waals surface area contributed by atoms with Gasteiger partial charge in [0.2, 0.25) is 0 Å². The van der Waals surface area contributed by atoms with Crippen molar-refractivity contribution in [2.45, 2.75) is 6.42 Å². The van der Waals surface area contributed by atoms with Crippen molar-refractivity contribution in [3.8, 4) is 0 Å². The molecule has 3 aromatic rings. The molecule has 3 heterocycles. The first-order chi connectivity index (χ1) is 12.7. The smallest absolute Gasteiger partial charge is 0.273 e. The molecule has 0 aliphatic carbocycles. The Morgan fingerprint density at radius 2 is 1.92 bits per heavy atom. The van der Waals surface area contributed by atoms with E-state index in [1.54, 1.807) is 23.2 Å². The number of fused-ring (bicyclic) bond motifs is 1. The highest BCUT2D eigenvalue weighted by Gasteiger charge is 2.18. The molecule has 2 aromatic heterocycles. The first kappa shape index (κ1) is 16.4. The Hall–Kier alpha value is -3.06. The Morgan fingerprint density at radius 3 is 2.69 bits per heavy atom. The lowest BCUT2D eigenvalue weighted by atomic mass is 10.0. The molecule has 7 nitrogen and oxygen atoms in total. The van der Waals surface area contributed by atoms with Crippen molar-refractivity contribution in [3.05, 3.63) is 69.8 Å². The Bertz CT molecular complexity index is 992. The van der Waals surface area contributed by atoms with E-state index in [4.69, 9.17) is 4.74 Å². The fourth-order valence-electron chi connectivity index (χ4n) is 3.08. The largest absolute Gasteiger partial charge is 0.378 e. The van der Waals surface area contributed by atoms with Gasteiger partial charge in [0.1, 0.15) is 0 Å². The summed E-state index contributed by atoms with van der Waals surface area (Å²) in [6.45, 7) is 2.42. The van der Waals surface area contributed by atoms with E-state index in [-0.39, 0.29) is 11.5 Å². The summed E-state index contributed by atoms with van der Waals surface area (Å²) in [5, 5.41) is 7.19. The summed E-state index contributed by atoms with van der Waals surface area (Å²) in [6, 6.07) is 10.9. The molecule has 1 aliphatic heterocycles. The average molecular weight is 350 g/mol. The molecule has 1 amide bonds. The predicted molar refractivity (Wildman–Crippen MR) is 96.1 cm³/mol. The van der Waals surface area contributed by atoms with E-state index in [9.17, 15) is 9.59 Å². The molecule has 26 heavy (non-hydrogen) atoms. The second-order valence-electron chi connectivity index (χ2n) is 6.18. The van der Waals surface area contributed by atoms with E-state index in [1.165, 1.54) is 0 Å². The Balaban J connectivity index is 1.56. The number of hydrogen-bond acceptors (Lipinski definition) is 5. The number of hydrogen-bond donors (Lipinski definition) is 1. The van der Waals surface area contributed by atoms with Gasteiger partial charge >= 0.3 is 0 Å². The zero-order chi connectivity index (χ0) is 17.9. The SMILES string of the molecule is O=C(c1ccc(Cc2n[nH]c(=O)c3cccnc23)cc1)N1CCOCC1. The van der Waals surface area contributed by atoms with E-state index in [0.717, 1.165) is 5.56 Å². The van der Waals surface area contributed by atoms with Gasteiger partial charge in [-0.15, -0.1) is 0 Å². The molecule has 1 aromatic carbocycles. The third kappa shape index (κ3) is 3.21. The van der Waals surface area contributed by atoms with E-state index < -0.39 is 0 Å². The summed E-state index contributed by atoms with van der Waals surface area (Å²) in [4.78, 5) is 30.4. The summed E-state index contributed by atoms with van der Waals surface area (Å²) in [6.07, 6.45) is 2.17. The number of carbonyl (C=O) groups is 1. The maximum Gasteiger partial charge on any atom is 0.273 e. The van der Waals surface area contributed by atoms with Gasteiger partial charge in [0.25, 0.3) is 11.5 Å². The van der Waals surface area contributed by atoms with E-state index >= 15 is 0 Å². The van der Waals surface area contributed by atoms with Crippen LogP contribution in [-0.4, -0.2) is 52.3 Å². The molecule has 1 fully saturated rings. The molecule has 1 saturated heterocycles. The number of pyridine rings is 1. The van der Waals surface area contributed by atoms with Gasteiger partial charge in [0.05, 0.1) is 29.8 Å². The Kier molecular flexibility index (Phi) is 4.45. The highest BCUT2D eigenvalue weighted by atomic mass is 16.5. The van der Waals surface area contributed by atoms with Crippen LogP contribution in [0.3, 0.4) is 0 Å². The van der Waals surface area contributed by atoms with Crippen molar-refractivity contribution >= 4 is 16.8 Å². The van der Waals surface area contributed by atoms with Gasteiger partial charge < -0.3 is 9.64 Å². The number of ether oxygens (including phenoxy) is 1. The Labute approximate surface area is 149 Å². The second kappa shape index (κ2) is 7.05. The number of nitrogens with zero attached hydrogens (tertiary/aromatic N) is 3. The zero-order valence-corrected chi connectivity index (χ0v) is 14.1. The second-order valence-corrected chi connectivity index (χ2v) is 6.18. The van der Waals surface area contributed by atoms with Crippen LogP contribution in [0.5, 0.6) is 0 Å². The molecule has 0 radical (unpaired) electrons. The molecule has 7 heteroatoms. The van der Waals surface area contributed by atoms with Crippen molar-refractivity contribution in [1.29, 1.82) is 0 Å². The van der Waals surface area contributed by atoms with Gasteiger partial charge in [-0.05, 0) is 29.8 Å². The van der Waals surface area contributed by atoms with Crippen molar-refractivity contribution in [2.24, 2.45) is 0 Å². The van der Waals surface area contributed by atoms with Gasteiger partial charge in [-0.3, -0.25) is 14.6 Å². The van der Waals surface area contributed by atoms with E-state index in [0.29, 0.717) is 54.9 Å². The number of aromatic amines is 1. The van der Waals surface area contributed by atoms with Crippen LogP contribution in [0, 0.1) is 0 Å². The molecular formula is C19H18N4O3. The van der Waals surface area contributed by atoms with E-state index in [1.807, 2.05) is 24.3 Å². The van der Waals surface area contributed by atoms with Crippen LogP contribution in [0.1, 0.15) is 21.6 Å². The Morgan fingerprint density at radius 1 is 1.15 bits per heavy atom. The summed E-state index contributed by atoms with van der Waals surface area (Å²) >= 11 is 0. The maximum atomic E-state index is 12.5. The highest BCUT2D eigenvalue weighted by molar-refractivity contribution is 5.94. The van der Waals surface area contributed by atoms with Crippen molar-refractivity contribution in [1.82, 2.24) is 20.1 Å². The third-order valence-electron chi connectivity index (χ3n) is 4.49. The number of amides is 1. The molecule has 0 saturated carbocycles. The van der Waals surface area contributed by atoms with Crippen LogP contribution in [0.15, 0.2) is 47.4 Å². The molecule has 0 unspecified atom stereocenters. The fourth-order valence-corrected chi connectivity index (χ4v) is 3.08. The monoisotopic (exact) mass is 350 g/mol. The minimum Gasteiger partial charge on any atom is -0.378 e. The van der Waals surface area contributed by atoms with E-state index in [2.05, 4.69) is 15.2 Å². The minimum absolute atomic E-state index is 0.0223. The van der Waals surface area contributed by atoms with Crippen molar-refractivity contribution < 1.29 is 9.53 Å². The van der Waals surface area contributed by atoms with Gasteiger partial charge in [-0.1, -0.05) is 12.1 Å². The van der Waals surface area contributed by atoms with Crippen molar-refractivity contribution in [2.75, 3.05) is 26.3 Å². The summed E-state index contributed by atoms with van der Waals surface area (Å²) in [5.41, 5.74) is 2.71. The standard InChI is InChI=1S/C19H18N4O3/c24-18-15-2-1-7-20-17(15)16(21-22-18)12-13-3-5-14(6-4-13)19(25)23-8-10-26-11-9-23/h1-7H,8-12H2,(H,22,24). The molecule has 132 valence electrons. The number of benzene rings is 1. The average Bonchev–Trinajstić information content (AvgIpc) is 2.71. The lowest BCUT2D eigenvalue weighted by Crippen LogP contribution is -2.40. The quantitative estimate of drug-likeness (QED) is 0.771. The number of H-pyrrole nitrogens is 1. The maximum absolute atomic E-state index is 12.5. The van der Waals surface area contributed by atoms with Crippen LogP contribution >= 0.6 is 0 Å². The predicted octanol–water partition coefficient (Wildman–Crippen LogP) is 1.38.